The molecule has 4 rings (SSSR count). The monoisotopic (exact) mass is 421 g/mol. The highest BCUT2D eigenvalue weighted by Crippen LogP contribution is 2.22. The average Bonchev–Trinajstić information content (AvgIpc) is 3.30. The van der Waals surface area contributed by atoms with Crippen molar-refractivity contribution in [1.29, 1.82) is 0 Å². The van der Waals surface area contributed by atoms with E-state index in [4.69, 9.17) is 4.52 Å². The molecule has 162 valence electrons. The molecule has 31 heavy (non-hydrogen) atoms. The molecule has 8 nitrogen and oxygen atoms in total. The second-order valence-corrected chi connectivity index (χ2v) is 7.90. The Kier molecular flexibility index (Phi) is 5.90. The molecule has 8 heteroatoms. The minimum absolute atomic E-state index is 0.0393. The zero-order valence-corrected chi connectivity index (χ0v) is 18.1. The number of nitrogens with one attached hydrogen (secondary N) is 1. The maximum absolute atomic E-state index is 13.2. The number of hydrogen-bond donors (Lipinski definition) is 1. The van der Waals surface area contributed by atoms with Crippen molar-refractivity contribution >= 4 is 17.6 Å². The maximum Gasteiger partial charge on any atom is 0.255 e. The van der Waals surface area contributed by atoms with Crippen molar-refractivity contribution in [2.24, 2.45) is 0 Å². The van der Waals surface area contributed by atoms with Gasteiger partial charge in [-0.2, -0.15) is 0 Å². The van der Waals surface area contributed by atoms with Crippen LogP contribution in [0.3, 0.4) is 0 Å². The summed E-state index contributed by atoms with van der Waals surface area (Å²) in [5.74, 6) is 0.969. The quantitative estimate of drug-likeness (QED) is 0.685. The minimum atomic E-state index is -0.139. The molecule has 0 aliphatic carbocycles. The molecule has 0 bridgehead atoms. The lowest BCUT2D eigenvalue weighted by molar-refractivity contribution is -0.117. The van der Waals surface area contributed by atoms with Crippen LogP contribution in [0.4, 0.5) is 5.82 Å². The third-order valence-corrected chi connectivity index (χ3v) is 5.60. The lowest BCUT2D eigenvalue weighted by Gasteiger charge is -2.34. The molecule has 1 saturated heterocycles. The summed E-state index contributed by atoms with van der Waals surface area (Å²) < 4.78 is 7.07. The number of aryl methyl sites for hydroxylation is 2. The number of rotatable bonds is 5. The van der Waals surface area contributed by atoms with Gasteiger partial charge in [-0.05, 0) is 39.0 Å². The molecule has 1 N–H and O–H groups in total. The first-order valence-corrected chi connectivity index (χ1v) is 10.4. The molecular weight excluding hydrogens is 394 g/mol. The van der Waals surface area contributed by atoms with Gasteiger partial charge in [-0.25, -0.2) is 0 Å². The summed E-state index contributed by atoms with van der Waals surface area (Å²) in [4.78, 5) is 29.3. The zero-order chi connectivity index (χ0) is 22.0. The highest BCUT2D eigenvalue weighted by molar-refractivity contribution is 5.96. The van der Waals surface area contributed by atoms with Crippen molar-refractivity contribution in [3.05, 3.63) is 65.2 Å². The van der Waals surface area contributed by atoms with E-state index in [-0.39, 0.29) is 18.4 Å². The molecule has 1 fully saturated rings. The van der Waals surface area contributed by atoms with E-state index in [2.05, 4.69) is 15.0 Å². The smallest absolute Gasteiger partial charge is 0.255 e. The van der Waals surface area contributed by atoms with Crippen LogP contribution in [0, 0.1) is 20.8 Å². The lowest BCUT2D eigenvalue weighted by atomic mass is 10.2. The lowest BCUT2D eigenvalue weighted by Crippen LogP contribution is -2.50. The molecule has 0 saturated carbocycles. The number of carbonyl (C=O) groups excluding carboxylic acids is 2. The van der Waals surface area contributed by atoms with Gasteiger partial charge in [0.15, 0.2) is 5.82 Å². The van der Waals surface area contributed by atoms with Gasteiger partial charge in [-0.15, -0.1) is 0 Å². The number of benzene rings is 1. The van der Waals surface area contributed by atoms with E-state index in [0.717, 1.165) is 22.6 Å². The van der Waals surface area contributed by atoms with Gasteiger partial charge >= 0.3 is 0 Å². The molecule has 1 aliphatic heterocycles. The van der Waals surface area contributed by atoms with Gasteiger partial charge in [-0.1, -0.05) is 23.4 Å². The molecule has 3 aromatic rings. The molecule has 0 atom stereocenters. The van der Waals surface area contributed by atoms with Crippen LogP contribution in [0.15, 0.2) is 47.0 Å². The maximum atomic E-state index is 13.2. The molecule has 2 amide bonds. The van der Waals surface area contributed by atoms with Crippen LogP contribution in [0.25, 0.3) is 5.69 Å². The highest BCUT2D eigenvalue weighted by Gasteiger charge is 2.26. The van der Waals surface area contributed by atoms with Gasteiger partial charge in [0, 0.05) is 49.3 Å². The van der Waals surface area contributed by atoms with Gasteiger partial charge in [0.2, 0.25) is 5.91 Å². The highest BCUT2D eigenvalue weighted by atomic mass is 16.5. The van der Waals surface area contributed by atoms with E-state index in [1.165, 1.54) is 0 Å². The van der Waals surface area contributed by atoms with E-state index >= 15 is 0 Å². The number of nitrogens with zero attached hydrogens (tertiary/aromatic N) is 4. The predicted molar refractivity (Wildman–Crippen MR) is 117 cm³/mol. The first-order valence-electron chi connectivity index (χ1n) is 10.4. The summed E-state index contributed by atoms with van der Waals surface area (Å²) >= 11 is 0. The van der Waals surface area contributed by atoms with Crippen LogP contribution >= 0.6 is 0 Å². The SMILES string of the molecule is Cc1cc(NC(=O)CN2CCN(C(=O)c3cc(C)n(-c4ccccc4)c3C)CC2)no1. The molecular formula is C23H27N5O3. The largest absolute Gasteiger partial charge is 0.360 e. The van der Waals surface area contributed by atoms with Crippen molar-refractivity contribution in [2.45, 2.75) is 20.8 Å². The summed E-state index contributed by atoms with van der Waals surface area (Å²) in [6.07, 6.45) is 0. The van der Waals surface area contributed by atoms with Gasteiger partial charge in [-0.3, -0.25) is 14.5 Å². The molecule has 3 heterocycles. The fraction of sp³-hybridized carbons (Fsp3) is 0.348. The Morgan fingerprint density at radius 1 is 1.03 bits per heavy atom. The zero-order valence-electron chi connectivity index (χ0n) is 18.1. The Hall–Kier alpha value is -3.39. The van der Waals surface area contributed by atoms with E-state index in [0.29, 0.717) is 37.8 Å². The summed E-state index contributed by atoms with van der Waals surface area (Å²) in [6, 6.07) is 13.7. The van der Waals surface area contributed by atoms with Gasteiger partial charge < -0.3 is 19.3 Å². The number of aromatic nitrogens is 2. The minimum Gasteiger partial charge on any atom is -0.360 e. The van der Waals surface area contributed by atoms with Crippen LogP contribution in [-0.4, -0.2) is 64.1 Å². The Morgan fingerprint density at radius 2 is 1.74 bits per heavy atom. The number of piperazine rings is 1. The topological polar surface area (TPSA) is 83.6 Å². The average molecular weight is 422 g/mol. The van der Waals surface area contributed by atoms with E-state index in [1.54, 1.807) is 13.0 Å². The summed E-state index contributed by atoms with van der Waals surface area (Å²) in [5, 5.41) is 6.51. The molecule has 2 aromatic heterocycles. The van der Waals surface area contributed by atoms with Crippen molar-refractivity contribution in [3.8, 4) is 5.69 Å². The van der Waals surface area contributed by atoms with E-state index < -0.39 is 0 Å². The second-order valence-electron chi connectivity index (χ2n) is 7.90. The predicted octanol–water partition coefficient (Wildman–Crippen LogP) is 2.79. The molecule has 0 unspecified atom stereocenters. The van der Waals surface area contributed by atoms with Gasteiger partial charge in [0.25, 0.3) is 5.91 Å². The second kappa shape index (κ2) is 8.77. The van der Waals surface area contributed by atoms with E-state index in [9.17, 15) is 9.59 Å². The van der Waals surface area contributed by atoms with Crippen molar-refractivity contribution in [1.82, 2.24) is 19.5 Å². The van der Waals surface area contributed by atoms with Crippen LogP contribution in [0.2, 0.25) is 0 Å². The van der Waals surface area contributed by atoms with Crippen molar-refractivity contribution in [2.75, 3.05) is 38.0 Å². The molecule has 1 aliphatic rings. The molecule has 1 aromatic carbocycles. The Bertz CT molecular complexity index is 1080. The summed E-state index contributed by atoms with van der Waals surface area (Å²) in [6.45, 7) is 8.51. The standard InChI is InChI=1S/C23H27N5O3/c1-16-13-20(18(3)28(16)19-7-5-4-6-8-19)23(30)27-11-9-26(10-12-27)15-22(29)24-21-14-17(2)31-25-21/h4-8,13-14H,9-12,15H2,1-3H3,(H,24,25,29). The fourth-order valence-electron chi connectivity index (χ4n) is 4.04. The molecule has 0 spiro atoms. The third kappa shape index (κ3) is 4.54. The Labute approximate surface area is 181 Å². The van der Waals surface area contributed by atoms with Crippen LogP contribution in [-0.2, 0) is 4.79 Å². The van der Waals surface area contributed by atoms with Crippen molar-refractivity contribution < 1.29 is 14.1 Å². The fourth-order valence-corrected chi connectivity index (χ4v) is 4.04. The number of para-hydroxylation sites is 1. The van der Waals surface area contributed by atoms with Crippen LogP contribution < -0.4 is 5.32 Å². The van der Waals surface area contributed by atoms with Gasteiger partial charge in [0.1, 0.15) is 5.76 Å². The summed E-state index contributed by atoms with van der Waals surface area (Å²) in [7, 11) is 0. The van der Waals surface area contributed by atoms with Crippen LogP contribution in [0.1, 0.15) is 27.5 Å². The third-order valence-electron chi connectivity index (χ3n) is 5.60. The number of hydrogen-bond acceptors (Lipinski definition) is 5. The number of amides is 2. The van der Waals surface area contributed by atoms with E-state index in [1.807, 2.05) is 60.0 Å². The molecule has 0 radical (unpaired) electrons. The Balaban J connectivity index is 1.36. The number of anilines is 1. The number of carbonyl (C=O) groups is 2. The van der Waals surface area contributed by atoms with Crippen molar-refractivity contribution in [3.63, 3.8) is 0 Å². The van der Waals surface area contributed by atoms with Gasteiger partial charge in [0.05, 0.1) is 12.1 Å². The first-order chi connectivity index (χ1) is 14.9. The summed E-state index contributed by atoms with van der Waals surface area (Å²) in [5.41, 5.74) is 3.76. The first kappa shape index (κ1) is 20.9. The normalized spacial score (nSPS) is 14.6. The van der Waals surface area contributed by atoms with Crippen LogP contribution in [0.5, 0.6) is 0 Å². The Morgan fingerprint density at radius 3 is 2.39 bits per heavy atom.